The SMILES string of the molecule is COCCOCCOCCOCCOCCOCCOCCOCCOCCOCC(=O)NCCCC[C@H](NC(=O)CCCNC(=O)[C@H]([C@@H](C(=O)NCCCC(=O)N[C@@H](CCCCNC(=O)COCCOCCOCCOCCOCCOCCOCCOCCOCCOC)C(=O)NCC(=O)NCC(=O)O)N1C(=O)C=CC1=O)N1C(=O)C=CC1=O)C(=O)NCC(=O)NCC(=O)O. The molecule has 50 heteroatoms. The number of rotatable bonds is 93. The molecule has 0 saturated heterocycles. The molecule has 14 amide bonds. The minimum absolute atomic E-state index is 0.0425. The van der Waals surface area contributed by atoms with Crippen molar-refractivity contribution in [3.63, 3.8) is 0 Å². The van der Waals surface area contributed by atoms with Crippen LogP contribution in [0.25, 0.3) is 0 Å². The van der Waals surface area contributed by atoms with E-state index in [0.29, 0.717) is 208 Å². The number of carboxylic acid groups (broad SMARTS) is 2. The molecule has 0 aromatic rings. The van der Waals surface area contributed by atoms with E-state index in [9.17, 15) is 76.7 Å². The summed E-state index contributed by atoms with van der Waals surface area (Å²) in [6.07, 6.45) is 2.75. The summed E-state index contributed by atoms with van der Waals surface area (Å²) in [6.45, 7) is 9.86. The highest BCUT2D eigenvalue weighted by atomic mass is 16.6. The third-order valence-corrected chi connectivity index (χ3v) is 17.6. The second-order valence-corrected chi connectivity index (χ2v) is 28.0. The van der Waals surface area contributed by atoms with Crippen molar-refractivity contribution in [2.75, 3.05) is 318 Å². The zero-order chi connectivity index (χ0) is 96.3. The number of hydrogen-bond donors (Lipinski definition) is 12. The van der Waals surface area contributed by atoms with Gasteiger partial charge in [0.1, 0.15) is 50.5 Å². The fourth-order valence-corrected chi connectivity index (χ4v) is 11.1. The summed E-state index contributed by atoms with van der Waals surface area (Å²) in [6, 6.07) is -7.11. The van der Waals surface area contributed by atoms with Crippen LogP contribution in [0.3, 0.4) is 0 Å². The highest BCUT2D eigenvalue weighted by Gasteiger charge is 2.50. The zero-order valence-corrected chi connectivity index (χ0v) is 75.7. The summed E-state index contributed by atoms with van der Waals surface area (Å²) < 4.78 is 108. The number of imide groups is 2. The lowest BCUT2D eigenvalue weighted by Crippen LogP contribution is -2.66. The van der Waals surface area contributed by atoms with Gasteiger partial charge < -0.3 is 158 Å². The van der Waals surface area contributed by atoms with Crippen molar-refractivity contribution in [1.82, 2.24) is 63.0 Å². The largest absolute Gasteiger partial charge is 0.480 e. The predicted octanol–water partition coefficient (Wildman–Crippen LogP) is -6.87. The van der Waals surface area contributed by atoms with E-state index >= 15 is 0 Å². The molecule has 2 rings (SSSR count). The molecule has 0 unspecified atom stereocenters. The van der Waals surface area contributed by atoms with E-state index in [1.54, 1.807) is 14.2 Å². The first-order valence-electron chi connectivity index (χ1n) is 43.8. The zero-order valence-electron chi connectivity index (χ0n) is 75.7. The Morgan fingerprint density at radius 2 is 0.485 bits per heavy atom. The van der Waals surface area contributed by atoms with Crippen molar-refractivity contribution in [3.8, 4) is 0 Å². The Bertz CT molecular complexity index is 3090. The van der Waals surface area contributed by atoms with E-state index in [0.717, 1.165) is 24.3 Å². The van der Waals surface area contributed by atoms with Crippen molar-refractivity contribution < 1.29 is 182 Å². The third kappa shape index (κ3) is 65.2. The number of unbranched alkanes of at least 4 members (excludes halogenated alkanes) is 2. The fourth-order valence-electron chi connectivity index (χ4n) is 11.1. The number of nitrogens with zero attached hydrogens (tertiary/aromatic N) is 2. The van der Waals surface area contributed by atoms with E-state index in [4.69, 9.17) is 105 Å². The molecule has 2 aliphatic rings. The summed E-state index contributed by atoms with van der Waals surface area (Å²) in [4.78, 5) is 208. The number of aliphatic carboxylic acids is 2. The predicted molar refractivity (Wildman–Crippen MR) is 457 cm³/mol. The van der Waals surface area contributed by atoms with E-state index in [2.05, 4.69) is 53.2 Å². The first-order chi connectivity index (χ1) is 64.1. The molecule has 0 aromatic carbocycles. The van der Waals surface area contributed by atoms with Crippen molar-refractivity contribution >= 4 is 94.6 Å². The van der Waals surface area contributed by atoms with Crippen molar-refractivity contribution in [3.05, 3.63) is 24.3 Å². The van der Waals surface area contributed by atoms with Crippen LogP contribution in [0.2, 0.25) is 0 Å². The molecule has 0 fully saturated rings. The van der Waals surface area contributed by atoms with Crippen LogP contribution in [0.4, 0.5) is 0 Å². The first kappa shape index (κ1) is 119. The van der Waals surface area contributed by atoms with Gasteiger partial charge in [0, 0.05) is 77.5 Å². The standard InChI is InChI=1S/C82H138N12O38/c1-113-21-23-115-25-27-117-29-31-119-33-35-121-37-39-123-41-43-125-45-47-127-49-51-129-53-55-131-61-69(99)83-17-5-3-9-63(79(109)89-57-67(97)87-59-75(105)106)91-65(95)11-7-19-85-81(111)77(93-71(101)13-14-72(93)102)78(94-73(103)15-16-74(94)104)82(112)86-20-8-12-66(96)92-64(80(110)90-58-68(98)88-60-76(107)108)10-4-6-18-84-70(100)62-132-56-54-130-52-50-128-48-46-126-44-42-124-40-38-122-36-34-120-32-30-118-28-26-116-24-22-114-2/h13-16,63-64,77-78H,3-12,17-62H2,1-2H3,(H,83,99)(H,84,100)(H,85,111)(H,86,112)(H,87,97)(H,88,98)(H,89,109)(H,90,110)(H,91,95)(H,92,96)(H,105,106)(H,107,108)/t63-,64-,77-,78-/m0/s1. The average molecular weight is 1900 g/mol. The number of carbonyl (C=O) groups is 16. The molecule has 0 aromatic heterocycles. The first-order valence-corrected chi connectivity index (χ1v) is 43.8. The van der Waals surface area contributed by atoms with Crippen LogP contribution in [0.1, 0.15) is 64.2 Å². The lowest BCUT2D eigenvalue weighted by atomic mass is 10.0. The quantitative estimate of drug-likeness (QED) is 0.0199. The van der Waals surface area contributed by atoms with Crippen molar-refractivity contribution in [1.29, 1.82) is 0 Å². The van der Waals surface area contributed by atoms with E-state index in [1.807, 2.05) is 0 Å². The maximum Gasteiger partial charge on any atom is 0.322 e. The minimum Gasteiger partial charge on any atom is -0.480 e. The number of methoxy groups -OCH3 is 2. The molecule has 2 aliphatic heterocycles. The number of carboxylic acids is 2. The number of nitrogens with one attached hydrogen (secondary N) is 10. The van der Waals surface area contributed by atoms with Gasteiger partial charge in [0.15, 0.2) is 0 Å². The van der Waals surface area contributed by atoms with Gasteiger partial charge in [-0.3, -0.25) is 86.5 Å². The average Bonchev–Trinajstić information content (AvgIpc) is 1.58. The Morgan fingerprint density at radius 1 is 0.258 bits per heavy atom. The van der Waals surface area contributed by atoms with Crippen LogP contribution in [0.5, 0.6) is 0 Å². The van der Waals surface area contributed by atoms with Crippen molar-refractivity contribution in [2.45, 2.75) is 88.4 Å². The minimum atomic E-state index is -2.25. The molecule has 132 heavy (non-hydrogen) atoms. The Kier molecular flexibility index (Phi) is 74.0. The summed E-state index contributed by atoms with van der Waals surface area (Å²) in [5.74, 6) is -15.6. The molecule has 50 nitrogen and oxygen atoms in total. The van der Waals surface area contributed by atoms with Gasteiger partial charge in [-0.1, -0.05) is 0 Å². The lowest BCUT2D eigenvalue weighted by Gasteiger charge is -2.35. The summed E-state index contributed by atoms with van der Waals surface area (Å²) >= 11 is 0. The normalized spacial score (nSPS) is 13.2. The molecule has 0 bridgehead atoms. The molecule has 2 heterocycles. The third-order valence-electron chi connectivity index (χ3n) is 17.6. The molecule has 754 valence electrons. The highest BCUT2D eigenvalue weighted by Crippen LogP contribution is 2.22. The van der Waals surface area contributed by atoms with Crippen LogP contribution in [-0.2, 0) is 171 Å². The highest BCUT2D eigenvalue weighted by molar-refractivity contribution is 6.19. The maximum absolute atomic E-state index is 14.3. The van der Waals surface area contributed by atoms with Gasteiger partial charge in [-0.2, -0.15) is 0 Å². The van der Waals surface area contributed by atoms with Gasteiger partial charge in [-0.15, -0.1) is 0 Å². The Labute approximate surface area is 766 Å². The Hall–Kier alpha value is -9.40. The van der Waals surface area contributed by atoms with Gasteiger partial charge in [-0.05, 0) is 51.4 Å². The number of carbonyl (C=O) groups excluding carboxylic acids is 14. The van der Waals surface area contributed by atoms with Gasteiger partial charge in [0.2, 0.25) is 59.1 Å². The van der Waals surface area contributed by atoms with Crippen molar-refractivity contribution in [2.24, 2.45) is 0 Å². The fraction of sp³-hybridized carbons (Fsp3) is 0.756. The monoisotopic (exact) mass is 1900 g/mol. The summed E-state index contributed by atoms with van der Waals surface area (Å²) in [5, 5.41) is 42.0. The van der Waals surface area contributed by atoms with Crippen LogP contribution in [0, 0.1) is 0 Å². The van der Waals surface area contributed by atoms with Crippen LogP contribution >= 0.6 is 0 Å². The smallest absolute Gasteiger partial charge is 0.322 e. The van der Waals surface area contributed by atoms with Crippen LogP contribution < -0.4 is 53.2 Å². The molecule has 4 atom stereocenters. The molecule has 0 radical (unpaired) electrons. The van der Waals surface area contributed by atoms with E-state index < -0.39 is 171 Å². The van der Waals surface area contributed by atoms with E-state index in [-0.39, 0.29) is 117 Å². The number of amides is 14. The van der Waals surface area contributed by atoms with Crippen LogP contribution in [-0.4, -0.2) is 456 Å². The van der Waals surface area contributed by atoms with Crippen LogP contribution in [0.15, 0.2) is 24.3 Å². The number of ether oxygens (including phenoxy) is 20. The second kappa shape index (κ2) is 82.3. The summed E-state index contributed by atoms with van der Waals surface area (Å²) in [5.41, 5.74) is 0. The van der Waals surface area contributed by atoms with Gasteiger partial charge in [0.05, 0.1) is 251 Å². The molecule has 12 N–H and O–H groups in total. The Morgan fingerprint density at radius 3 is 0.720 bits per heavy atom. The van der Waals surface area contributed by atoms with E-state index in [1.165, 1.54) is 0 Å². The van der Waals surface area contributed by atoms with Gasteiger partial charge in [-0.25, -0.2) is 0 Å². The second-order valence-electron chi connectivity index (χ2n) is 28.0. The molecule has 0 saturated carbocycles. The molecule has 0 spiro atoms. The molecule has 0 aliphatic carbocycles. The molecular weight excluding hydrogens is 1760 g/mol. The number of hydrogen-bond acceptors (Lipinski definition) is 36. The van der Waals surface area contributed by atoms with Gasteiger partial charge >= 0.3 is 11.9 Å². The Balaban J connectivity index is 1.82. The lowest BCUT2D eigenvalue weighted by molar-refractivity contribution is -0.156. The van der Waals surface area contributed by atoms with Gasteiger partial charge in [0.25, 0.3) is 23.6 Å². The topological polar surface area (TPSA) is 625 Å². The summed E-state index contributed by atoms with van der Waals surface area (Å²) in [7, 11) is 3.22. The molecular formula is C82H138N12O38. The maximum atomic E-state index is 14.3.